The fourth-order valence-electron chi connectivity index (χ4n) is 0.989. The van der Waals surface area contributed by atoms with Gasteiger partial charge in [-0.25, -0.2) is 0 Å². The Kier molecular flexibility index (Phi) is 5.25. The van der Waals surface area contributed by atoms with Crippen molar-refractivity contribution in [3.63, 3.8) is 0 Å². The monoisotopic (exact) mass is 213 g/mol. The molecule has 0 amide bonds. The van der Waals surface area contributed by atoms with Crippen LogP contribution in [-0.4, -0.2) is 29.8 Å². The van der Waals surface area contributed by atoms with Gasteiger partial charge in [0.2, 0.25) is 0 Å². The molecule has 0 aromatic heterocycles. The van der Waals surface area contributed by atoms with E-state index in [1.165, 1.54) is 0 Å². The Bertz CT molecular complexity index is 268. The first-order valence-corrected chi connectivity index (χ1v) is 5.66. The van der Waals surface area contributed by atoms with Crippen LogP contribution < -0.4 is 10.5 Å². The zero-order valence-electron chi connectivity index (χ0n) is 7.98. The second kappa shape index (κ2) is 6.56. The Morgan fingerprint density at radius 1 is 1.29 bits per heavy atom. The van der Waals surface area contributed by atoms with Crippen molar-refractivity contribution in [3.8, 4) is 5.75 Å². The molecule has 0 unspecified atom stereocenters. The zero-order valence-corrected chi connectivity index (χ0v) is 8.80. The van der Waals surface area contributed by atoms with Crippen LogP contribution in [0.25, 0.3) is 0 Å². The van der Waals surface area contributed by atoms with Gasteiger partial charge in [0, 0.05) is 11.5 Å². The van der Waals surface area contributed by atoms with Gasteiger partial charge < -0.3 is 15.6 Å². The number of para-hydroxylation sites is 2. The lowest BCUT2D eigenvalue weighted by atomic mass is 10.3. The van der Waals surface area contributed by atoms with E-state index in [4.69, 9.17) is 15.6 Å². The van der Waals surface area contributed by atoms with Gasteiger partial charge in [-0.15, -0.1) is 0 Å². The van der Waals surface area contributed by atoms with E-state index in [-0.39, 0.29) is 6.61 Å². The molecule has 0 heterocycles. The highest BCUT2D eigenvalue weighted by Gasteiger charge is 1.97. The number of ether oxygens (including phenoxy) is 1. The Morgan fingerprint density at radius 2 is 2.07 bits per heavy atom. The topological polar surface area (TPSA) is 55.5 Å². The van der Waals surface area contributed by atoms with Gasteiger partial charge in [-0.05, 0) is 12.1 Å². The summed E-state index contributed by atoms with van der Waals surface area (Å²) in [6.45, 7) is 0.844. The van der Waals surface area contributed by atoms with E-state index in [0.717, 1.165) is 17.3 Å². The molecule has 0 aliphatic carbocycles. The number of aliphatic hydroxyl groups excluding tert-OH is 1. The fraction of sp³-hybridized carbons (Fsp3) is 0.400. The lowest BCUT2D eigenvalue weighted by molar-refractivity contribution is 0.322. The van der Waals surface area contributed by atoms with Gasteiger partial charge in [0.25, 0.3) is 0 Å². The Hall–Kier alpha value is -0.870. The minimum absolute atomic E-state index is 0.220. The number of rotatable bonds is 6. The summed E-state index contributed by atoms with van der Waals surface area (Å²) in [6, 6.07) is 7.44. The van der Waals surface area contributed by atoms with Crippen molar-refractivity contribution < 1.29 is 9.84 Å². The highest BCUT2D eigenvalue weighted by molar-refractivity contribution is 7.99. The van der Waals surface area contributed by atoms with Gasteiger partial charge in [-0.2, -0.15) is 11.8 Å². The standard InChI is InChI=1S/C10H15NO2S/c11-9-3-1-2-4-10(9)13-6-8-14-7-5-12/h1-4,12H,5-8,11H2. The number of hydrogen-bond acceptors (Lipinski definition) is 4. The minimum Gasteiger partial charge on any atom is -0.491 e. The maximum Gasteiger partial charge on any atom is 0.142 e. The van der Waals surface area contributed by atoms with Gasteiger partial charge in [0.1, 0.15) is 5.75 Å². The average Bonchev–Trinajstić information content (AvgIpc) is 2.20. The van der Waals surface area contributed by atoms with E-state index >= 15 is 0 Å². The lowest BCUT2D eigenvalue weighted by Crippen LogP contribution is -2.03. The molecule has 1 rings (SSSR count). The van der Waals surface area contributed by atoms with Gasteiger partial charge >= 0.3 is 0 Å². The molecule has 78 valence electrons. The van der Waals surface area contributed by atoms with E-state index in [9.17, 15) is 0 Å². The normalized spacial score (nSPS) is 10.1. The molecule has 14 heavy (non-hydrogen) atoms. The summed E-state index contributed by atoms with van der Waals surface area (Å²) in [7, 11) is 0. The van der Waals surface area contributed by atoms with E-state index in [0.29, 0.717) is 12.3 Å². The highest BCUT2D eigenvalue weighted by atomic mass is 32.2. The number of thioether (sulfide) groups is 1. The van der Waals surface area contributed by atoms with Crippen LogP contribution in [0.5, 0.6) is 5.75 Å². The first-order chi connectivity index (χ1) is 6.84. The Morgan fingerprint density at radius 3 is 2.79 bits per heavy atom. The van der Waals surface area contributed by atoms with Crippen LogP contribution >= 0.6 is 11.8 Å². The third kappa shape index (κ3) is 3.89. The smallest absolute Gasteiger partial charge is 0.142 e. The molecule has 0 bridgehead atoms. The van der Waals surface area contributed by atoms with Gasteiger partial charge in [-0.3, -0.25) is 0 Å². The summed E-state index contributed by atoms with van der Waals surface area (Å²) in [6.07, 6.45) is 0. The van der Waals surface area contributed by atoms with E-state index in [1.54, 1.807) is 11.8 Å². The number of nitrogens with two attached hydrogens (primary N) is 1. The van der Waals surface area contributed by atoms with Crippen LogP contribution in [0, 0.1) is 0 Å². The summed E-state index contributed by atoms with van der Waals surface area (Å²) in [5, 5.41) is 8.55. The molecule has 0 fully saturated rings. The molecule has 0 saturated carbocycles. The van der Waals surface area contributed by atoms with Gasteiger partial charge in [0.05, 0.1) is 18.9 Å². The van der Waals surface area contributed by atoms with Crippen LogP contribution in [0.15, 0.2) is 24.3 Å². The van der Waals surface area contributed by atoms with Crippen LogP contribution in [0.1, 0.15) is 0 Å². The maximum atomic E-state index is 8.55. The van der Waals surface area contributed by atoms with Gasteiger partial charge in [-0.1, -0.05) is 12.1 Å². The lowest BCUT2D eigenvalue weighted by Gasteiger charge is -2.07. The first kappa shape index (κ1) is 11.2. The molecule has 0 atom stereocenters. The van der Waals surface area contributed by atoms with Crippen LogP contribution in [0.2, 0.25) is 0 Å². The predicted octanol–water partition coefficient (Wildman–Crippen LogP) is 1.37. The van der Waals surface area contributed by atoms with Crippen LogP contribution in [0.4, 0.5) is 5.69 Å². The van der Waals surface area contributed by atoms with Crippen molar-refractivity contribution in [1.82, 2.24) is 0 Å². The number of anilines is 1. The maximum absolute atomic E-state index is 8.55. The number of aliphatic hydroxyl groups is 1. The number of nitrogen functional groups attached to an aromatic ring is 1. The van der Waals surface area contributed by atoms with Crippen LogP contribution in [0.3, 0.4) is 0 Å². The molecule has 0 radical (unpaired) electrons. The number of benzene rings is 1. The molecule has 0 aliphatic rings. The molecule has 0 saturated heterocycles. The first-order valence-electron chi connectivity index (χ1n) is 4.50. The quantitative estimate of drug-likeness (QED) is 0.553. The third-order valence-corrected chi connectivity index (χ3v) is 2.57. The Balaban J connectivity index is 2.21. The zero-order chi connectivity index (χ0) is 10.2. The SMILES string of the molecule is Nc1ccccc1OCCSCCO. The third-order valence-electron chi connectivity index (χ3n) is 1.64. The Labute approximate surface area is 88.3 Å². The van der Waals surface area contributed by atoms with Crippen molar-refractivity contribution in [3.05, 3.63) is 24.3 Å². The van der Waals surface area contributed by atoms with Crippen molar-refractivity contribution in [1.29, 1.82) is 0 Å². The van der Waals surface area contributed by atoms with Crippen molar-refractivity contribution in [2.75, 3.05) is 30.5 Å². The van der Waals surface area contributed by atoms with E-state index < -0.39 is 0 Å². The number of hydrogen-bond donors (Lipinski definition) is 2. The molecular formula is C10H15NO2S. The molecular weight excluding hydrogens is 198 g/mol. The average molecular weight is 213 g/mol. The second-order valence-corrected chi connectivity index (χ2v) is 3.95. The molecule has 3 nitrogen and oxygen atoms in total. The van der Waals surface area contributed by atoms with E-state index in [2.05, 4.69) is 0 Å². The van der Waals surface area contributed by atoms with Gasteiger partial charge in [0.15, 0.2) is 0 Å². The van der Waals surface area contributed by atoms with Crippen molar-refractivity contribution in [2.45, 2.75) is 0 Å². The van der Waals surface area contributed by atoms with Crippen molar-refractivity contribution >= 4 is 17.4 Å². The summed E-state index contributed by atoms with van der Waals surface area (Å²) >= 11 is 1.66. The molecule has 4 heteroatoms. The molecule has 0 aliphatic heterocycles. The van der Waals surface area contributed by atoms with Crippen molar-refractivity contribution in [2.24, 2.45) is 0 Å². The summed E-state index contributed by atoms with van der Waals surface area (Å²) in [5.41, 5.74) is 6.36. The summed E-state index contributed by atoms with van der Waals surface area (Å²) in [4.78, 5) is 0. The predicted molar refractivity (Wildman–Crippen MR) is 60.8 cm³/mol. The second-order valence-electron chi connectivity index (χ2n) is 2.72. The molecule has 0 spiro atoms. The van der Waals surface area contributed by atoms with E-state index in [1.807, 2.05) is 24.3 Å². The molecule has 3 N–H and O–H groups in total. The largest absolute Gasteiger partial charge is 0.491 e. The highest BCUT2D eigenvalue weighted by Crippen LogP contribution is 2.19. The molecule has 1 aromatic carbocycles. The summed E-state index contributed by atoms with van der Waals surface area (Å²) < 4.78 is 5.46. The summed E-state index contributed by atoms with van der Waals surface area (Å²) in [5.74, 6) is 2.36. The fourth-order valence-corrected chi connectivity index (χ4v) is 1.52. The molecule has 1 aromatic rings. The van der Waals surface area contributed by atoms with Crippen LogP contribution in [-0.2, 0) is 0 Å². The minimum atomic E-state index is 0.220.